The number of alkyl halides is 3. The third-order valence-electron chi connectivity index (χ3n) is 6.94. The summed E-state index contributed by atoms with van der Waals surface area (Å²) in [6, 6.07) is 25.5. The zero-order chi connectivity index (χ0) is 33.7. The van der Waals surface area contributed by atoms with Gasteiger partial charge in [0.2, 0.25) is 11.8 Å². The molecule has 47 heavy (non-hydrogen) atoms. The number of anilines is 3. The first-order valence-electron chi connectivity index (χ1n) is 14.0. The average Bonchev–Trinajstić information content (AvgIpc) is 3.53. The van der Waals surface area contributed by atoms with Gasteiger partial charge in [-0.1, -0.05) is 30.3 Å². The molecule has 0 aliphatic carbocycles. The molecular formula is C35H24F3N3O6. The summed E-state index contributed by atoms with van der Waals surface area (Å²) in [4.78, 5) is 50.8. The first kappa shape index (κ1) is 32.1. The fraction of sp³-hybridized carbons (Fsp3) is 0.0571. The molecule has 0 saturated heterocycles. The molecular weight excluding hydrogens is 615 g/mol. The monoisotopic (exact) mass is 639 g/mol. The standard InChI is InChI=1S/C35H24F3N3O6/c1-22(42)40(27-14-9-25(10-15-27)35(36,37)38)31-18-11-26(21-30(31)34(44)24-5-3-2-4-6-24)39-33(43)20-17-29-16-19-32(47-29)23-7-12-28(13-8-23)41(45)46/h2-21H,1H3,(H,39,43)/b20-17-. The number of rotatable bonds is 9. The number of nitro groups is 1. The molecule has 5 rings (SSSR count). The van der Waals surface area contributed by atoms with Gasteiger partial charge >= 0.3 is 6.18 Å². The van der Waals surface area contributed by atoms with Gasteiger partial charge in [0.15, 0.2) is 5.78 Å². The van der Waals surface area contributed by atoms with Crippen molar-refractivity contribution in [3.63, 3.8) is 0 Å². The van der Waals surface area contributed by atoms with Crippen molar-refractivity contribution in [3.8, 4) is 11.3 Å². The zero-order valence-corrected chi connectivity index (χ0v) is 24.5. The molecule has 1 N–H and O–H groups in total. The van der Waals surface area contributed by atoms with Crippen LogP contribution in [-0.4, -0.2) is 22.5 Å². The van der Waals surface area contributed by atoms with E-state index in [-0.39, 0.29) is 33.9 Å². The van der Waals surface area contributed by atoms with Gasteiger partial charge in [0.25, 0.3) is 5.69 Å². The van der Waals surface area contributed by atoms with E-state index in [4.69, 9.17) is 4.42 Å². The van der Waals surface area contributed by atoms with Gasteiger partial charge in [0, 0.05) is 53.2 Å². The number of halogens is 3. The Morgan fingerprint density at radius 2 is 1.55 bits per heavy atom. The van der Waals surface area contributed by atoms with E-state index in [0.29, 0.717) is 17.1 Å². The molecule has 5 aromatic rings. The molecule has 12 heteroatoms. The minimum absolute atomic E-state index is 0.0202. The number of nitro benzene ring substituents is 1. The highest BCUT2D eigenvalue weighted by atomic mass is 19.4. The van der Waals surface area contributed by atoms with Crippen LogP contribution in [0.5, 0.6) is 0 Å². The summed E-state index contributed by atoms with van der Waals surface area (Å²) in [5, 5.41) is 13.6. The van der Waals surface area contributed by atoms with E-state index in [1.54, 1.807) is 54.6 Å². The van der Waals surface area contributed by atoms with Crippen LogP contribution in [0.15, 0.2) is 120 Å². The molecule has 0 unspecified atom stereocenters. The molecule has 1 aromatic heterocycles. The number of non-ortho nitro benzene ring substituents is 1. The number of hydrogen-bond acceptors (Lipinski definition) is 6. The highest BCUT2D eigenvalue weighted by Crippen LogP contribution is 2.35. The lowest BCUT2D eigenvalue weighted by Crippen LogP contribution is -2.25. The molecule has 9 nitrogen and oxygen atoms in total. The number of nitrogens with one attached hydrogen (secondary N) is 1. The van der Waals surface area contributed by atoms with E-state index in [2.05, 4.69) is 5.32 Å². The highest BCUT2D eigenvalue weighted by molar-refractivity contribution is 6.16. The topological polar surface area (TPSA) is 123 Å². The lowest BCUT2D eigenvalue weighted by Gasteiger charge is -2.25. The molecule has 0 atom stereocenters. The summed E-state index contributed by atoms with van der Waals surface area (Å²) < 4.78 is 45.3. The quantitative estimate of drug-likeness (QED) is 0.0747. The lowest BCUT2D eigenvalue weighted by molar-refractivity contribution is -0.384. The molecule has 2 amide bonds. The predicted molar refractivity (Wildman–Crippen MR) is 169 cm³/mol. The van der Waals surface area contributed by atoms with E-state index in [1.165, 1.54) is 49.4 Å². The van der Waals surface area contributed by atoms with Crippen LogP contribution in [-0.2, 0) is 15.8 Å². The van der Waals surface area contributed by atoms with Gasteiger partial charge in [0.05, 0.1) is 16.2 Å². The highest BCUT2D eigenvalue weighted by Gasteiger charge is 2.31. The Kier molecular flexibility index (Phi) is 9.13. The zero-order valence-electron chi connectivity index (χ0n) is 24.5. The Labute approximate surface area is 265 Å². The van der Waals surface area contributed by atoms with Crippen molar-refractivity contribution in [3.05, 3.63) is 148 Å². The molecule has 0 bridgehead atoms. The van der Waals surface area contributed by atoms with Crippen molar-refractivity contribution in [1.82, 2.24) is 0 Å². The molecule has 4 aromatic carbocycles. The van der Waals surface area contributed by atoms with Crippen molar-refractivity contribution in [2.45, 2.75) is 13.1 Å². The Bertz CT molecular complexity index is 1980. The average molecular weight is 640 g/mol. The van der Waals surface area contributed by atoms with Crippen LogP contribution in [0.3, 0.4) is 0 Å². The Hall–Kier alpha value is -6.30. The third kappa shape index (κ3) is 7.51. The van der Waals surface area contributed by atoms with Crippen LogP contribution in [0, 0.1) is 10.1 Å². The van der Waals surface area contributed by atoms with E-state index in [9.17, 15) is 37.7 Å². The van der Waals surface area contributed by atoms with Crippen LogP contribution in [0.25, 0.3) is 17.4 Å². The minimum atomic E-state index is -4.57. The maximum Gasteiger partial charge on any atom is 0.416 e. The Balaban J connectivity index is 1.41. The number of amides is 2. The van der Waals surface area contributed by atoms with Gasteiger partial charge in [0.1, 0.15) is 11.5 Å². The molecule has 0 spiro atoms. The molecule has 0 saturated carbocycles. The second-order valence-electron chi connectivity index (χ2n) is 10.2. The van der Waals surface area contributed by atoms with Gasteiger partial charge in [-0.05, 0) is 72.8 Å². The van der Waals surface area contributed by atoms with E-state index in [0.717, 1.165) is 29.2 Å². The predicted octanol–water partition coefficient (Wildman–Crippen LogP) is 8.44. The Morgan fingerprint density at radius 1 is 0.872 bits per heavy atom. The Morgan fingerprint density at radius 3 is 2.17 bits per heavy atom. The molecule has 236 valence electrons. The van der Waals surface area contributed by atoms with E-state index < -0.39 is 34.3 Å². The molecule has 0 fully saturated rings. The number of hydrogen-bond donors (Lipinski definition) is 1. The second-order valence-corrected chi connectivity index (χ2v) is 10.2. The summed E-state index contributed by atoms with van der Waals surface area (Å²) in [5.41, 5.74) is 0.381. The van der Waals surface area contributed by atoms with E-state index in [1.807, 2.05) is 0 Å². The summed E-state index contributed by atoms with van der Waals surface area (Å²) in [7, 11) is 0. The number of furan rings is 1. The van der Waals surface area contributed by atoms with Gasteiger partial charge in [-0.15, -0.1) is 0 Å². The molecule has 0 aliphatic heterocycles. The minimum Gasteiger partial charge on any atom is -0.457 e. The van der Waals surface area contributed by atoms with E-state index >= 15 is 0 Å². The van der Waals surface area contributed by atoms with Crippen LogP contribution in [0.4, 0.5) is 35.9 Å². The lowest BCUT2D eigenvalue weighted by atomic mass is 9.99. The fourth-order valence-corrected chi connectivity index (χ4v) is 4.71. The number of nitrogens with zero attached hydrogens (tertiary/aromatic N) is 2. The molecule has 0 radical (unpaired) electrons. The van der Waals surface area contributed by atoms with Crippen molar-refractivity contribution < 1.29 is 36.9 Å². The molecule has 1 heterocycles. The van der Waals surface area contributed by atoms with Crippen LogP contribution < -0.4 is 10.2 Å². The SMILES string of the molecule is CC(=O)N(c1ccc(C(F)(F)F)cc1)c1ccc(NC(=O)/C=C\c2ccc(-c3ccc([N+](=O)[O-])cc3)o2)cc1C(=O)c1ccccc1. The number of carbonyl (C=O) groups is 3. The van der Waals surface area contributed by atoms with Crippen molar-refractivity contribution in [1.29, 1.82) is 0 Å². The first-order valence-corrected chi connectivity index (χ1v) is 14.0. The maximum absolute atomic E-state index is 13.7. The summed E-state index contributed by atoms with van der Waals surface area (Å²) in [5.74, 6) is -0.853. The smallest absolute Gasteiger partial charge is 0.416 e. The van der Waals surface area contributed by atoms with Gasteiger partial charge < -0.3 is 9.73 Å². The van der Waals surface area contributed by atoms with Crippen LogP contribution in [0.1, 0.15) is 34.2 Å². The van der Waals surface area contributed by atoms with Gasteiger partial charge in [-0.25, -0.2) is 0 Å². The normalized spacial score (nSPS) is 11.3. The number of ketones is 1. The fourth-order valence-electron chi connectivity index (χ4n) is 4.71. The number of benzene rings is 4. The summed E-state index contributed by atoms with van der Waals surface area (Å²) in [6.07, 6.45) is -1.96. The first-order chi connectivity index (χ1) is 22.4. The largest absolute Gasteiger partial charge is 0.457 e. The van der Waals surface area contributed by atoms with Crippen LogP contribution >= 0.6 is 0 Å². The number of carbonyl (C=O) groups excluding carboxylic acids is 3. The van der Waals surface area contributed by atoms with Gasteiger partial charge in [-0.2, -0.15) is 13.2 Å². The van der Waals surface area contributed by atoms with Crippen molar-refractivity contribution >= 4 is 46.4 Å². The van der Waals surface area contributed by atoms with Gasteiger partial charge in [-0.3, -0.25) is 29.4 Å². The second kappa shape index (κ2) is 13.4. The molecule has 0 aliphatic rings. The third-order valence-corrected chi connectivity index (χ3v) is 6.94. The summed E-state index contributed by atoms with van der Waals surface area (Å²) >= 11 is 0. The summed E-state index contributed by atoms with van der Waals surface area (Å²) in [6.45, 7) is 1.22. The maximum atomic E-state index is 13.7. The van der Waals surface area contributed by atoms with Crippen molar-refractivity contribution in [2.24, 2.45) is 0 Å². The van der Waals surface area contributed by atoms with Crippen LogP contribution in [0.2, 0.25) is 0 Å². The van der Waals surface area contributed by atoms with Crippen molar-refractivity contribution in [2.75, 3.05) is 10.2 Å².